The molecule has 0 spiro atoms. The molecule has 4 nitrogen and oxygen atoms in total. The molecule has 2 heterocycles. The molecule has 0 radical (unpaired) electrons. The van der Waals surface area contributed by atoms with Crippen LogP contribution in [0.3, 0.4) is 0 Å². The molecular formula is C9H14F2N2O2. The van der Waals surface area contributed by atoms with Gasteiger partial charge >= 0.3 is 6.09 Å². The number of piperidine rings is 1. The summed E-state index contributed by atoms with van der Waals surface area (Å²) in [5, 5.41) is 8.62. The average molecular weight is 220 g/mol. The normalized spacial score (nSPS) is 27.5. The summed E-state index contributed by atoms with van der Waals surface area (Å²) in [5.74, 6) is -2.52. The van der Waals surface area contributed by atoms with Crippen LogP contribution in [0.4, 0.5) is 13.6 Å². The van der Waals surface area contributed by atoms with Crippen LogP contribution >= 0.6 is 0 Å². The zero-order chi connectivity index (χ0) is 11.1. The topological polar surface area (TPSA) is 43.8 Å². The third-order valence-corrected chi connectivity index (χ3v) is 3.18. The van der Waals surface area contributed by atoms with Crippen LogP contribution in [0.25, 0.3) is 0 Å². The van der Waals surface area contributed by atoms with Gasteiger partial charge in [-0.1, -0.05) is 0 Å². The average Bonchev–Trinajstić information content (AvgIpc) is 2.04. The number of amides is 1. The quantitative estimate of drug-likeness (QED) is 0.719. The van der Waals surface area contributed by atoms with Crippen molar-refractivity contribution in [2.24, 2.45) is 0 Å². The van der Waals surface area contributed by atoms with E-state index in [-0.39, 0.29) is 18.9 Å². The van der Waals surface area contributed by atoms with Gasteiger partial charge in [-0.2, -0.15) is 0 Å². The molecule has 2 saturated heterocycles. The minimum absolute atomic E-state index is 0.101. The second kappa shape index (κ2) is 3.59. The highest BCUT2D eigenvalue weighted by atomic mass is 19.3. The molecule has 0 bridgehead atoms. The lowest BCUT2D eigenvalue weighted by Crippen LogP contribution is -2.62. The molecule has 2 fully saturated rings. The summed E-state index contributed by atoms with van der Waals surface area (Å²) >= 11 is 0. The van der Waals surface area contributed by atoms with Crippen molar-refractivity contribution < 1.29 is 18.7 Å². The Hall–Kier alpha value is -0.910. The Labute approximate surface area is 86.5 Å². The van der Waals surface area contributed by atoms with Crippen LogP contribution in [0, 0.1) is 0 Å². The van der Waals surface area contributed by atoms with E-state index in [9.17, 15) is 13.6 Å². The fourth-order valence-electron chi connectivity index (χ4n) is 2.06. The number of carboxylic acid groups (broad SMARTS) is 1. The van der Waals surface area contributed by atoms with E-state index in [1.165, 1.54) is 4.90 Å². The predicted octanol–water partition coefficient (Wildman–Crippen LogP) is 1.08. The van der Waals surface area contributed by atoms with Gasteiger partial charge in [0.2, 0.25) is 0 Å². The molecule has 0 atom stereocenters. The number of alkyl halides is 2. The van der Waals surface area contributed by atoms with Crippen LogP contribution in [0.1, 0.15) is 12.8 Å². The smallest absolute Gasteiger partial charge is 0.407 e. The fourth-order valence-corrected chi connectivity index (χ4v) is 2.06. The molecular weight excluding hydrogens is 206 g/mol. The molecule has 2 rings (SSSR count). The van der Waals surface area contributed by atoms with E-state index in [0.717, 1.165) is 0 Å². The number of likely N-dealkylation sites (tertiary alicyclic amines) is 2. The lowest BCUT2D eigenvalue weighted by molar-refractivity contribution is -0.0770. The molecule has 6 heteroatoms. The molecule has 0 aromatic carbocycles. The van der Waals surface area contributed by atoms with E-state index in [2.05, 4.69) is 0 Å². The van der Waals surface area contributed by atoms with E-state index in [0.29, 0.717) is 26.2 Å². The minimum atomic E-state index is -2.52. The van der Waals surface area contributed by atoms with Crippen molar-refractivity contribution in [1.29, 1.82) is 0 Å². The Bertz CT molecular complexity index is 257. The summed E-state index contributed by atoms with van der Waals surface area (Å²) in [6.07, 6.45) is -1.12. The number of hydrogen-bond acceptors (Lipinski definition) is 2. The maximum Gasteiger partial charge on any atom is 0.407 e. The van der Waals surface area contributed by atoms with Gasteiger partial charge in [0, 0.05) is 45.1 Å². The number of hydrogen-bond donors (Lipinski definition) is 1. The van der Waals surface area contributed by atoms with Crippen molar-refractivity contribution >= 4 is 6.09 Å². The van der Waals surface area contributed by atoms with Gasteiger partial charge in [0.15, 0.2) is 0 Å². The van der Waals surface area contributed by atoms with Crippen molar-refractivity contribution in [1.82, 2.24) is 9.80 Å². The van der Waals surface area contributed by atoms with Crippen molar-refractivity contribution in [3.05, 3.63) is 0 Å². The van der Waals surface area contributed by atoms with E-state index in [4.69, 9.17) is 5.11 Å². The number of rotatable bonds is 1. The SMILES string of the molecule is O=C(O)N1CC(N2CCC(F)(F)CC2)C1. The van der Waals surface area contributed by atoms with E-state index in [1.54, 1.807) is 0 Å². The van der Waals surface area contributed by atoms with E-state index >= 15 is 0 Å². The molecule has 2 aliphatic rings. The Morgan fingerprint density at radius 2 is 1.80 bits per heavy atom. The summed E-state index contributed by atoms with van der Waals surface area (Å²) in [7, 11) is 0. The van der Waals surface area contributed by atoms with Crippen LogP contribution in [0.5, 0.6) is 0 Å². The van der Waals surface area contributed by atoms with Crippen LogP contribution in [0.2, 0.25) is 0 Å². The highest BCUT2D eigenvalue weighted by Gasteiger charge is 2.40. The van der Waals surface area contributed by atoms with Crippen LogP contribution in [0.15, 0.2) is 0 Å². The molecule has 15 heavy (non-hydrogen) atoms. The monoisotopic (exact) mass is 220 g/mol. The zero-order valence-electron chi connectivity index (χ0n) is 8.33. The molecule has 0 aliphatic carbocycles. The number of carbonyl (C=O) groups is 1. The van der Waals surface area contributed by atoms with Crippen LogP contribution in [-0.4, -0.2) is 59.1 Å². The maximum absolute atomic E-state index is 12.8. The lowest BCUT2D eigenvalue weighted by Gasteiger charge is -2.46. The first-order chi connectivity index (χ1) is 6.98. The van der Waals surface area contributed by atoms with Gasteiger partial charge in [-0.25, -0.2) is 13.6 Å². The predicted molar refractivity (Wildman–Crippen MR) is 49.1 cm³/mol. The number of halogens is 2. The molecule has 86 valence electrons. The number of nitrogens with zero attached hydrogens (tertiary/aromatic N) is 2. The second-order valence-electron chi connectivity index (χ2n) is 4.23. The summed E-state index contributed by atoms with van der Waals surface area (Å²) in [5.41, 5.74) is 0. The third kappa shape index (κ3) is 2.19. The molecule has 0 unspecified atom stereocenters. The minimum Gasteiger partial charge on any atom is -0.465 e. The van der Waals surface area contributed by atoms with Crippen molar-refractivity contribution in [3.63, 3.8) is 0 Å². The van der Waals surface area contributed by atoms with Gasteiger partial charge in [-0.3, -0.25) is 4.90 Å². The van der Waals surface area contributed by atoms with Gasteiger partial charge in [0.1, 0.15) is 0 Å². The summed E-state index contributed by atoms with van der Waals surface area (Å²) in [6.45, 7) is 1.68. The molecule has 0 aromatic heterocycles. The first-order valence-corrected chi connectivity index (χ1v) is 5.08. The lowest BCUT2D eigenvalue weighted by atomic mass is 10.0. The van der Waals surface area contributed by atoms with Crippen LogP contribution < -0.4 is 0 Å². The summed E-state index contributed by atoms with van der Waals surface area (Å²) < 4.78 is 25.7. The Balaban J connectivity index is 1.77. The van der Waals surface area contributed by atoms with Crippen LogP contribution in [-0.2, 0) is 0 Å². The molecule has 2 aliphatic heterocycles. The zero-order valence-corrected chi connectivity index (χ0v) is 8.33. The van der Waals surface area contributed by atoms with E-state index < -0.39 is 12.0 Å². The van der Waals surface area contributed by atoms with Gasteiger partial charge in [-0.15, -0.1) is 0 Å². The molecule has 0 saturated carbocycles. The van der Waals surface area contributed by atoms with Crippen molar-refractivity contribution in [2.75, 3.05) is 26.2 Å². The highest BCUT2D eigenvalue weighted by molar-refractivity contribution is 5.66. The highest BCUT2D eigenvalue weighted by Crippen LogP contribution is 2.30. The third-order valence-electron chi connectivity index (χ3n) is 3.18. The van der Waals surface area contributed by atoms with Gasteiger partial charge in [0.25, 0.3) is 5.92 Å². The second-order valence-corrected chi connectivity index (χ2v) is 4.23. The van der Waals surface area contributed by atoms with Gasteiger partial charge in [-0.05, 0) is 0 Å². The summed E-state index contributed by atoms with van der Waals surface area (Å²) in [4.78, 5) is 13.8. The first kappa shape index (κ1) is 10.6. The van der Waals surface area contributed by atoms with Crippen molar-refractivity contribution in [3.8, 4) is 0 Å². The van der Waals surface area contributed by atoms with E-state index in [1.807, 2.05) is 4.90 Å². The van der Waals surface area contributed by atoms with Crippen molar-refractivity contribution in [2.45, 2.75) is 24.8 Å². The molecule has 0 aromatic rings. The molecule has 1 N–H and O–H groups in total. The first-order valence-electron chi connectivity index (χ1n) is 5.08. The Kier molecular flexibility index (Phi) is 2.54. The largest absolute Gasteiger partial charge is 0.465 e. The molecule has 1 amide bonds. The Morgan fingerprint density at radius 1 is 1.27 bits per heavy atom. The standard InChI is InChI=1S/C9H14F2N2O2/c10-9(11)1-3-12(4-2-9)7-5-13(6-7)8(14)15/h7H,1-6H2,(H,14,15). The summed E-state index contributed by atoms with van der Waals surface area (Å²) in [6, 6.07) is 0.150. The maximum atomic E-state index is 12.8. The van der Waals surface area contributed by atoms with Gasteiger partial charge < -0.3 is 10.0 Å². The Morgan fingerprint density at radius 3 is 2.27 bits per heavy atom. The van der Waals surface area contributed by atoms with Gasteiger partial charge in [0.05, 0.1) is 0 Å². The fraction of sp³-hybridized carbons (Fsp3) is 0.889.